The topological polar surface area (TPSA) is 415 Å². The van der Waals surface area contributed by atoms with E-state index in [0.29, 0.717) is 57.5 Å². The standard InChI is InChI=1S/C72H73N17O13/c1-44(2)69(88-66(96)40-80-63(93)37-83-70(99)48-23-21-47(22-24-48)50-32-57(53-14-5-9-27-75-53)87-58(33-50)54-15-6-10-28-76-54)72(101)85-39-65(95)79-35-61(91)81-41-67(97)89-29-11-16-59(89)71(100)84-38-64(94)78-34-60(90)77-36-62(92)82-42-68(98)102-43-45-17-19-46(20-18-45)49-30-55(51-12-3-7-25-73-51)86-56(31-49)52-13-4-8-26-74-52/h3-10,12-15,17-28,30-33,44,59,69H,11,16,29,34-43H2,1-2H3,(H,77,90)(H,78,94)(H,79,95)(H,80,93)(H,81,91)(H,82,92)(H,83,99)(H,84,100)(H,85,101)(H,88,96)/t59-,69-/m0/s1. The third-order valence-electron chi connectivity index (χ3n) is 15.6. The monoisotopic (exact) mass is 1380 g/mol. The minimum absolute atomic E-state index is 0.0756. The Balaban J connectivity index is 0.598. The lowest BCUT2D eigenvalue weighted by molar-refractivity contribution is -0.145. The Labute approximate surface area is 584 Å². The molecule has 0 unspecified atom stereocenters. The van der Waals surface area contributed by atoms with Gasteiger partial charge in [0.25, 0.3) is 5.91 Å². The molecule has 8 aromatic rings. The van der Waals surface area contributed by atoms with Crippen molar-refractivity contribution in [2.45, 2.75) is 45.4 Å². The molecule has 0 bridgehead atoms. The highest BCUT2D eigenvalue weighted by molar-refractivity contribution is 5.98. The van der Waals surface area contributed by atoms with E-state index in [0.717, 1.165) is 22.3 Å². The number of ether oxygens (including phenoxy) is 1. The predicted octanol–water partition coefficient (Wildman–Crippen LogP) is 1.59. The number of aromatic nitrogens is 6. The molecule has 1 aliphatic rings. The molecule has 0 saturated carbocycles. The quantitative estimate of drug-likeness (QED) is 0.0276. The van der Waals surface area contributed by atoms with Crippen molar-refractivity contribution in [1.82, 2.24) is 88.0 Å². The number of hydrogen-bond donors (Lipinski definition) is 10. The molecule has 2 atom stereocenters. The number of nitrogens with zero attached hydrogens (tertiary/aromatic N) is 7. The van der Waals surface area contributed by atoms with Crippen LogP contribution in [0.15, 0.2) is 170 Å². The molecule has 1 fully saturated rings. The summed E-state index contributed by atoms with van der Waals surface area (Å²) in [7, 11) is 0. The van der Waals surface area contributed by atoms with Gasteiger partial charge in [-0.05, 0) is 132 Å². The van der Waals surface area contributed by atoms with Crippen LogP contribution in [0.25, 0.3) is 67.8 Å². The Morgan fingerprint density at radius 2 is 0.814 bits per heavy atom. The smallest absolute Gasteiger partial charge is 0.325 e. The minimum Gasteiger partial charge on any atom is -0.460 e. The second kappa shape index (κ2) is 36.5. The number of pyridine rings is 6. The van der Waals surface area contributed by atoms with Crippen LogP contribution in [0, 0.1) is 5.92 Å². The average Bonchev–Trinajstić information content (AvgIpc) is 0.987. The zero-order chi connectivity index (χ0) is 72.3. The van der Waals surface area contributed by atoms with Crippen molar-refractivity contribution in [3.8, 4) is 67.8 Å². The zero-order valence-electron chi connectivity index (χ0n) is 55.5. The molecule has 0 aliphatic carbocycles. The first-order valence-electron chi connectivity index (χ1n) is 32.4. The van der Waals surface area contributed by atoms with Crippen molar-refractivity contribution in [2.24, 2.45) is 5.92 Å². The van der Waals surface area contributed by atoms with E-state index < -0.39 is 148 Å². The summed E-state index contributed by atoms with van der Waals surface area (Å²) in [6.07, 6.45) is 7.43. The summed E-state index contributed by atoms with van der Waals surface area (Å²) >= 11 is 0. The third-order valence-corrected chi connectivity index (χ3v) is 15.6. The molecule has 0 spiro atoms. The largest absolute Gasteiger partial charge is 0.460 e. The van der Waals surface area contributed by atoms with Gasteiger partial charge in [0.15, 0.2) is 0 Å². The van der Waals surface area contributed by atoms with E-state index in [1.165, 1.54) is 4.90 Å². The zero-order valence-corrected chi connectivity index (χ0v) is 55.5. The Morgan fingerprint density at radius 1 is 0.422 bits per heavy atom. The molecule has 524 valence electrons. The molecule has 7 heterocycles. The molecule has 1 aliphatic heterocycles. The lowest BCUT2D eigenvalue weighted by Gasteiger charge is -2.24. The van der Waals surface area contributed by atoms with Gasteiger partial charge in [0.05, 0.1) is 97.9 Å². The third kappa shape index (κ3) is 22.0. The molecule has 10 N–H and O–H groups in total. The highest BCUT2D eigenvalue weighted by Crippen LogP contribution is 2.31. The molecule has 6 aromatic heterocycles. The van der Waals surface area contributed by atoms with Gasteiger partial charge in [-0.1, -0.05) is 74.5 Å². The van der Waals surface area contributed by atoms with Crippen LogP contribution < -0.4 is 53.2 Å². The van der Waals surface area contributed by atoms with Crippen LogP contribution in [0.5, 0.6) is 0 Å². The van der Waals surface area contributed by atoms with Gasteiger partial charge in [0.1, 0.15) is 25.2 Å². The van der Waals surface area contributed by atoms with Crippen molar-refractivity contribution in [2.75, 3.05) is 65.4 Å². The minimum atomic E-state index is -1.14. The van der Waals surface area contributed by atoms with Gasteiger partial charge in [-0.15, -0.1) is 0 Å². The van der Waals surface area contributed by atoms with Crippen LogP contribution in [0.3, 0.4) is 0 Å². The number of esters is 1. The summed E-state index contributed by atoms with van der Waals surface area (Å²) in [5.41, 5.74) is 9.62. The predicted molar refractivity (Wildman–Crippen MR) is 370 cm³/mol. The van der Waals surface area contributed by atoms with Crippen LogP contribution in [0.1, 0.15) is 42.6 Å². The van der Waals surface area contributed by atoms with Crippen molar-refractivity contribution in [1.29, 1.82) is 0 Å². The maximum atomic E-state index is 13.1. The van der Waals surface area contributed by atoms with E-state index >= 15 is 0 Å². The SMILES string of the molecule is CC(C)[C@H](NC(=O)CNC(=O)CNC(=O)c1ccc(-c2cc(-c3ccccn3)nc(-c3ccccn3)c2)cc1)C(=O)NCC(=O)NCC(=O)NCC(=O)N1CCC[C@H]1C(=O)NCC(=O)NCC(=O)NCC(=O)NCC(=O)OCc1ccc(-c2cc(-c3ccccn3)nc(-c3ccccn3)c2)cc1. The van der Waals surface area contributed by atoms with Crippen LogP contribution in [-0.2, 0) is 64.1 Å². The maximum Gasteiger partial charge on any atom is 0.325 e. The number of carbonyl (C=O) groups is 12. The Bertz CT molecular complexity index is 4210. The van der Waals surface area contributed by atoms with Crippen LogP contribution in [-0.4, -0.2) is 183 Å². The van der Waals surface area contributed by atoms with E-state index in [4.69, 9.17) is 14.7 Å². The first-order chi connectivity index (χ1) is 49.3. The van der Waals surface area contributed by atoms with Gasteiger partial charge >= 0.3 is 5.97 Å². The highest BCUT2D eigenvalue weighted by atomic mass is 16.5. The van der Waals surface area contributed by atoms with Crippen molar-refractivity contribution < 1.29 is 62.3 Å². The summed E-state index contributed by atoms with van der Waals surface area (Å²) < 4.78 is 5.33. The summed E-state index contributed by atoms with van der Waals surface area (Å²) in [5, 5.41) is 23.9. The second-order valence-electron chi connectivity index (χ2n) is 23.4. The van der Waals surface area contributed by atoms with Crippen molar-refractivity contribution in [3.63, 3.8) is 0 Å². The number of rotatable bonds is 31. The van der Waals surface area contributed by atoms with Crippen LogP contribution in [0.4, 0.5) is 0 Å². The highest BCUT2D eigenvalue weighted by Gasteiger charge is 2.34. The second-order valence-corrected chi connectivity index (χ2v) is 23.4. The van der Waals surface area contributed by atoms with Gasteiger partial charge < -0.3 is 62.8 Å². The van der Waals surface area contributed by atoms with Gasteiger partial charge in [-0.3, -0.25) is 77.5 Å². The number of hydrogen-bond acceptors (Lipinski definition) is 19. The maximum absolute atomic E-state index is 13.1. The number of carbonyl (C=O) groups excluding carboxylic acids is 12. The summed E-state index contributed by atoms with van der Waals surface area (Å²) in [4.78, 5) is 182. The molecule has 0 radical (unpaired) electrons. The van der Waals surface area contributed by atoms with E-state index in [2.05, 4.69) is 73.1 Å². The van der Waals surface area contributed by atoms with E-state index in [-0.39, 0.29) is 25.1 Å². The Kier molecular flexibility index (Phi) is 26.2. The fourth-order valence-corrected chi connectivity index (χ4v) is 10.3. The molecule has 1 saturated heterocycles. The van der Waals surface area contributed by atoms with Gasteiger partial charge in [-0.25, -0.2) is 9.97 Å². The van der Waals surface area contributed by atoms with E-state index in [1.807, 2.05) is 109 Å². The van der Waals surface area contributed by atoms with Gasteiger partial charge in [-0.2, -0.15) is 0 Å². The van der Waals surface area contributed by atoms with Crippen molar-refractivity contribution >= 4 is 70.9 Å². The lowest BCUT2D eigenvalue weighted by Crippen LogP contribution is -2.54. The summed E-state index contributed by atoms with van der Waals surface area (Å²) in [6.45, 7) is -1.48. The van der Waals surface area contributed by atoms with Gasteiger partial charge in [0, 0.05) is 36.9 Å². The van der Waals surface area contributed by atoms with Crippen molar-refractivity contribution in [3.05, 3.63) is 182 Å². The Morgan fingerprint density at radius 3 is 1.25 bits per heavy atom. The fraction of sp³-hybridized carbons (Fsp3) is 0.250. The molecular weight excluding hydrogens is 1310 g/mol. The number of likely N-dealkylation sites (tertiary alicyclic amines) is 1. The normalized spacial score (nSPS) is 12.5. The molecule has 2 aromatic carbocycles. The molecule has 30 nitrogen and oxygen atoms in total. The first kappa shape index (κ1) is 73.2. The van der Waals surface area contributed by atoms with E-state index in [9.17, 15) is 57.5 Å². The summed E-state index contributed by atoms with van der Waals surface area (Å²) in [5.74, 6) is -8.96. The number of benzene rings is 2. The van der Waals surface area contributed by atoms with Crippen LogP contribution >= 0.6 is 0 Å². The first-order valence-corrected chi connectivity index (χ1v) is 32.4. The lowest BCUT2D eigenvalue weighted by atomic mass is 10.0. The van der Waals surface area contributed by atoms with Crippen LogP contribution in [0.2, 0.25) is 0 Å². The summed E-state index contributed by atoms with van der Waals surface area (Å²) in [6, 6.07) is 41.8. The number of nitrogens with one attached hydrogen (secondary N) is 10. The Hall–Kier alpha value is -13.0. The van der Waals surface area contributed by atoms with Gasteiger partial charge in [0.2, 0.25) is 59.1 Å². The molecule has 11 amide bonds. The molecule has 102 heavy (non-hydrogen) atoms. The van der Waals surface area contributed by atoms with E-state index in [1.54, 1.807) is 75.0 Å². The average molecular weight is 1380 g/mol. The molecule has 30 heteroatoms. The fourth-order valence-electron chi connectivity index (χ4n) is 10.3. The number of amides is 11. The molecule has 9 rings (SSSR count). The molecular formula is C72H73N17O13.